The van der Waals surface area contributed by atoms with Crippen LogP contribution in [-0.2, 0) is 0 Å². The molecule has 0 aromatic heterocycles. The molecule has 108 valence electrons. The van der Waals surface area contributed by atoms with E-state index in [2.05, 4.69) is 33.4 Å². The number of hydrogen-bond donors (Lipinski definition) is 0. The van der Waals surface area contributed by atoms with E-state index in [9.17, 15) is 0 Å². The average Bonchev–Trinajstić information content (AvgIpc) is 2.40. The van der Waals surface area contributed by atoms with Gasteiger partial charge in [0.25, 0.3) is 0 Å². The molecule has 0 aromatic rings. The summed E-state index contributed by atoms with van der Waals surface area (Å²) in [6.07, 6.45) is 13.6. The number of hydrogen-bond acceptors (Lipinski definition) is 0. The minimum absolute atomic E-state index is 1.25. The van der Waals surface area contributed by atoms with E-state index in [0.29, 0.717) is 0 Å². The number of rotatable bonds is 13. The third-order valence-corrected chi connectivity index (χ3v) is 20.4. The van der Waals surface area contributed by atoms with Gasteiger partial charge in [0.15, 0.2) is 0 Å². The van der Waals surface area contributed by atoms with Crippen LogP contribution < -0.4 is 0 Å². The Bertz CT molecular complexity index is 164. The van der Waals surface area contributed by atoms with Gasteiger partial charge in [-0.15, -0.1) is 0 Å². The summed E-state index contributed by atoms with van der Waals surface area (Å²) >= 11 is -1.76. The molecular weight excluding hydrogens is 323 g/mol. The second-order valence-corrected chi connectivity index (χ2v) is 20.3. The first-order chi connectivity index (χ1) is 8.74. The van der Waals surface area contributed by atoms with Crippen LogP contribution in [0, 0.1) is 0 Å². The maximum absolute atomic E-state index is 3.89. The van der Waals surface area contributed by atoms with Gasteiger partial charge in [-0.05, 0) is 0 Å². The fourth-order valence-corrected chi connectivity index (χ4v) is 19.5. The quantitative estimate of drug-likeness (QED) is 0.193. The molecule has 0 heterocycles. The Kier molecular flexibility index (Phi) is 12.9. The molecule has 0 spiro atoms. The predicted molar refractivity (Wildman–Crippen MR) is 89.1 cm³/mol. The van der Waals surface area contributed by atoms with Crippen LogP contribution in [0.4, 0.5) is 0 Å². The fourth-order valence-electron chi connectivity index (χ4n) is 3.03. The van der Waals surface area contributed by atoms with Crippen molar-refractivity contribution in [2.45, 2.75) is 89.9 Å². The first-order valence-electron chi connectivity index (χ1n) is 8.35. The zero-order valence-electron chi connectivity index (χ0n) is 13.3. The average molecular weight is 359 g/mol. The second-order valence-electron chi connectivity index (χ2n) is 5.99. The van der Waals surface area contributed by atoms with Crippen LogP contribution in [-0.4, -0.2) is 18.4 Å². The van der Waals surface area contributed by atoms with Crippen molar-refractivity contribution in [1.82, 2.24) is 0 Å². The first-order valence-corrected chi connectivity index (χ1v) is 16.4. The third kappa shape index (κ3) is 8.61. The van der Waals surface area contributed by atoms with Crippen molar-refractivity contribution in [2.75, 3.05) is 0 Å². The maximum atomic E-state index is 3.89. The van der Waals surface area contributed by atoms with Crippen LogP contribution in [0.25, 0.3) is 0 Å². The molecule has 0 N–H and O–H groups in total. The summed E-state index contributed by atoms with van der Waals surface area (Å²) in [5.74, 6) is 0. The summed E-state index contributed by atoms with van der Waals surface area (Å²) in [5, 5.41) is 0. The van der Waals surface area contributed by atoms with Crippen molar-refractivity contribution in [1.29, 1.82) is 0 Å². The molecule has 0 saturated heterocycles. The SMILES string of the molecule is C=CCC[CH2][Sn]([CH2]CCC)([CH2]CCC)[CH2]CCC. The number of allylic oxidation sites excluding steroid dienone is 1. The van der Waals surface area contributed by atoms with E-state index in [1.165, 1.54) is 51.4 Å². The summed E-state index contributed by atoms with van der Waals surface area (Å²) in [5.41, 5.74) is 0. The zero-order chi connectivity index (χ0) is 13.7. The fraction of sp³-hybridized carbons (Fsp3) is 0.882. The van der Waals surface area contributed by atoms with Gasteiger partial charge >= 0.3 is 121 Å². The molecule has 1 heteroatoms. The van der Waals surface area contributed by atoms with Crippen molar-refractivity contribution >= 4 is 18.4 Å². The summed E-state index contributed by atoms with van der Waals surface area (Å²) in [7, 11) is 0. The molecule has 18 heavy (non-hydrogen) atoms. The van der Waals surface area contributed by atoms with Crippen LogP contribution in [0.2, 0.25) is 17.7 Å². The van der Waals surface area contributed by atoms with Crippen LogP contribution >= 0.6 is 0 Å². The summed E-state index contributed by atoms with van der Waals surface area (Å²) in [4.78, 5) is 0. The minimum atomic E-state index is -1.76. The van der Waals surface area contributed by atoms with Gasteiger partial charge in [0.2, 0.25) is 0 Å². The van der Waals surface area contributed by atoms with Gasteiger partial charge in [-0.25, -0.2) is 0 Å². The third-order valence-electron chi connectivity index (χ3n) is 4.30. The molecule has 0 amide bonds. The van der Waals surface area contributed by atoms with E-state index >= 15 is 0 Å². The van der Waals surface area contributed by atoms with Crippen molar-refractivity contribution in [2.24, 2.45) is 0 Å². The Balaban J connectivity index is 4.45. The molecule has 0 fully saturated rings. The molecule has 0 aliphatic heterocycles. The van der Waals surface area contributed by atoms with Gasteiger partial charge in [-0.2, -0.15) is 0 Å². The predicted octanol–water partition coefficient (Wildman–Crippen LogP) is 6.80. The van der Waals surface area contributed by atoms with Crippen molar-refractivity contribution in [3.05, 3.63) is 12.7 Å². The van der Waals surface area contributed by atoms with Crippen LogP contribution in [0.15, 0.2) is 12.7 Å². The standard InChI is InChI=1S/C5H9.3C4H9.Sn/c1-3-5-4-2;3*1-3-4-2;/h3H,1-2,4-5H2;3*1,3-4H2,2H3;. The molecule has 0 aliphatic carbocycles. The summed E-state index contributed by atoms with van der Waals surface area (Å²) in [6, 6.07) is 0. The van der Waals surface area contributed by atoms with E-state index in [1.807, 2.05) is 0 Å². The molecule has 0 saturated carbocycles. The molecule has 0 aromatic carbocycles. The zero-order valence-corrected chi connectivity index (χ0v) is 16.1. The molecule has 0 aliphatic rings. The van der Waals surface area contributed by atoms with Crippen molar-refractivity contribution < 1.29 is 0 Å². The van der Waals surface area contributed by atoms with E-state index in [-0.39, 0.29) is 0 Å². The van der Waals surface area contributed by atoms with Gasteiger partial charge in [0.1, 0.15) is 0 Å². The normalized spacial score (nSPS) is 11.7. The molecule has 0 rings (SSSR count). The monoisotopic (exact) mass is 360 g/mol. The number of unbranched alkanes of at least 4 members (excludes halogenated alkanes) is 4. The van der Waals surface area contributed by atoms with E-state index in [0.717, 1.165) is 0 Å². The molecule has 0 radical (unpaired) electrons. The van der Waals surface area contributed by atoms with Gasteiger partial charge in [0.05, 0.1) is 0 Å². The second kappa shape index (κ2) is 12.6. The van der Waals surface area contributed by atoms with Gasteiger partial charge in [-0.1, -0.05) is 0 Å². The molecular formula is C17H36Sn. The molecule has 0 bridgehead atoms. The van der Waals surface area contributed by atoms with E-state index < -0.39 is 18.4 Å². The van der Waals surface area contributed by atoms with Gasteiger partial charge in [-0.3, -0.25) is 0 Å². The first kappa shape index (κ1) is 18.5. The van der Waals surface area contributed by atoms with Crippen LogP contribution in [0.5, 0.6) is 0 Å². The van der Waals surface area contributed by atoms with E-state index in [1.54, 1.807) is 17.7 Å². The Morgan fingerprint density at radius 2 is 1.11 bits per heavy atom. The van der Waals surface area contributed by atoms with Crippen molar-refractivity contribution in [3.63, 3.8) is 0 Å². The van der Waals surface area contributed by atoms with Gasteiger partial charge in [0, 0.05) is 0 Å². The van der Waals surface area contributed by atoms with E-state index in [4.69, 9.17) is 0 Å². The Morgan fingerprint density at radius 1 is 0.722 bits per heavy atom. The van der Waals surface area contributed by atoms with Crippen LogP contribution in [0.1, 0.15) is 72.1 Å². The van der Waals surface area contributed by atoms with Gasteiger partial charge < -0.3 is 0 Å². The topological polar surface area (TPSA) is 0 Å². The molecule has 0 unspecified atom stereocenters. The molecule has 0 atom stereocenters. The summed E-state index contributed by atoms with van der Waals surface area (Å²) < 4.78 is 6.65. The molecule has 0 nitrogen and oxygen atoms in total. The summed E-state index contributed by atoms with van der Waals surface area (Å²) in [6.45, 7) is 11.0. The Hall–Kier alpha value is 0.539. The Morgan fingerprint density at radius 3 is 1.44 bits per heavy atom. The van der Waals surface area contributed by atoms with Crippen molar-refractivity contribution in [3.8, 4) is 0 Å². The van der Waals surface area contributed by atoms with Crippen LogP contribution in [0.3, 0.4) is 0 Å². The Labute approximate surface area is 121 Å².